The van der Waals surface area contributed by atoms with Crippen LogP contribution in [0, 0.1) is 18.8 Å². The highest BCUT2D eigenvalue weighted by Crippen LogP contribution is 2.45. The lowest BCUT2D eigenvalue weighted by Gasteiger charge is -2.26. The fraction of sp³-hybridized carbons (Fsp3) is 0.714. The number of aryl methyl sites for hydroxylation is 1. The maximum atomic E-state index is 3.85. The summed E-state index contributed by atoms with van der Waals surface area (Å²) in [4.78, 5) is 2.93. The molecule has 1 aromatic rings. The SMILES string of the molecule is Cc1ccc(C(C)NC2CC3CCC2C3)s1. The monoisotopic (exact) mass is 235 g/mol. The van der Waals surface area contributed by atoms with Gasteiger partial charge < -0.3 is 5.32 Å². The first-order valence-electron chi connectivity index (χ1n) is 6.55. The molecule has 2 bridgehead atoms. The van der Waals surface area contributed by atoms with Gasteiger partial charge in [0.05, 0.1) is 0 Å². The summed E-state index contributed by atoms with van der Waals surface area (Å²) in [6.45, 7) is 4.51. The van der Waals surface area contributed by atoms with Gasteiger partial charge in [-0.2, -0.15) is 0 Å². The van der Waals surface area contributed by atoms with Gasteiger partial charge in [-0.25, -0.2) is 0 Å². The fourth-order valence-corrected chi connectivity index (χ4v) is 4.43. The van der Waals surface area contributed by atoms with Crippen LogP contribution in [-0.2, 0) is 0 Å². The van der Waals surface area contributed by atoms with E-state index in [2.05, 4.69) is 31.3 Å². The molecule has 16 heavy (non-hydrogen) atoms. The van der Waals surface area contributed by atoms with Gasteiger partial charge in [0.15, 0.2) is 0 Å². The molecule has 1 heterocycles. The van der Waals surface area contributed by atoms with Gasteiger partial charge in [0.1, 0.15) is 0 Å². The maximum absolute atomic E-state index is 3.85. The van der Waals surface area contributed by atoms with Crippen LogP contribution in [0.2, 0.25) is 0 Å². The second kappa shape index (κ2) is 4.15. The molecule has 1 N–H and O–H groups in total. The summed E-state index contributed by atoms with van der Waals surface area (Å²) in [7, 11) is 0. The van der Waals surface area contributed by atoms with Crippen LogP contribution in [-0.4, -0.2) is 6.04 Å². The lowest BCUT2D eigenvalue weighted by Crippen LogP contribution is -2.35. The summed E-state index contributed by atoms with van der Waals surface area (Å²) < 4.78 is 0. The van der Waals surface area contributed by atoms with Gasteiger partial charge in [-0.05, 0) is 57.1 Å². The molecule has 0 spiro atoms. The Morgan fingerprint density at radius 2 is 2.19 bits per heavy atom. The molecule has 4 unspecified atom stereocenters. The quantitative estimate of drug-likeness (QED) is 0.838. The van der Waals surface area contributed by atoms with Crippen LogP contribution in [0.4, 0.5) is 0 Å². The average molecular weight is 235 g/mol. The van der Waals surface area contributed by atoms with Crippen LogP contribution in [0.25, 0.3) is 0 Å². The van der Waals surface area contributed by atoms with Crippen molar-refractivity contribution in [1.82, 2.24) is 5.32 Å². The molecule has 4 atom stereocenters. The van der Waals surface area contributed by atoms with Crippen LogP contribution in [0.1, 0.15) is 48.4 Å². The topological polar surface area (TPSA) is 12.0 Å². The third-order valence-corrected chi connectivity index (χ3v) is 5.57. The minimum absolute atomic E-state index is 0.544. The largest absolute Gasteiger partial charge is 0.306 e. The number of thiophene rings is 1. The van der Waals surface area contributed by atoms with E-state index in [1.807, 2.05) is 11.3 Å². The zero-order chi connectivity index (χ0) is 11.1. The van der Waals surface area contributed by atoms with E-state index in [0.29, 0.717) is 6.04 Å². The van der Waals surface area contributed by atoms with Crippen molar-refractivity contribution in [3.8, 4) is 0 Å². The number of hydrogen-bond acceptors (Lipinski definition) is 2. The number of nitrogens with one attached hydrogen (secondary N) is 1. The number of hydrogen-bond donors (Lipinski definition) is 1. The molecular formula is C14H21NS. The molecule has 2 aliphatic rings. The van der Waals surface area contributed by atoms with Crippen molar-refractivity contribution in [1.29, 1.82) is 0 Å². The van der Waals surface area contributed by atoms with Crippen LogP contribution in [0.15, 0.2) is 12.1 Å². The minimum Gasteiger partial charge on any atom is -0.306 e. The van der Waals surface area contributed by atoms with Crippen molar-refractivity contribution in [2.45, 2.75) is 51.6 Å². The zero-order valence-corrected chi connectivity index (χ0v) is 11.0. The maximum Gasteiger partial charge on any atom is 0.0388 e. The second-order valence-corrected chi connectivity index (χ2v) is 6.94. The van der Waals surface area contributed by atoms with E-state index in [1.165, 1.54) is 35.4 Å². The second-order valence-electron chi connectivity index (χ2n) is 5.62. The summed E-state index contributed by atoms with van der Waals surface area (Å²) in [6, 6.07) is 5.86. The zero-order valence-electron chi connectivity index (χ0n) is 10.2. The summed E-state index contributed by atoms with van der Waals surface area (Å²) in [6.07, 6.45) is 5.89. The fourth-order valence-electron chi connectivity index (χ4n) is 3.54. The Hall–Kier alpha value is -0.340. The molecule has 88 valence electrons. The van der Waals surface area contributed by atoms with Gasteiger partial charge in [-0.3, -0.25) is 0 Å². The van der Waals surface area contributed by atoms with Crippen LogP contribution in [0.5, 0.6) is 0 Å². The van der Waals surface area contributed by atoms with E-state index in [4.69, 9.17) is 0 Å². The standard InChI is InChI=1S/C14H21NS/c1-9-3-6-14(16-9)10(2)15-13-8-11-4-5-12(13)7-11/h3,6,10-13,15H,4-5,7-8H2,1-2H3. The van der Waals surface area contributed by atoms with Gasteiger partial charge in [0.2, 0.25) is 0 Å². The first-order valence-corrected chi connectivity index (χ1v) is 7.36. The Kier molecular flexibility index (Phi) is 2.80. The molecule has 2 saturated carbocycles. The van der Waals surface area contributed by atoms with Crippen molar-refractivity contribution in [3.05, 3.63) is 21.9 Å². The summed E-state index contributed by atoms with van der Waals surface area (Å²) >= 11 is 1.94. The summed E-state index contributed by atoms with van der Waals surface area (Å²) in [5.41, 5.74) is 0. The molecule has 2 fully saturated rings. The normalized spacial score (nSPS) is 34.5. The van der Waals surface area contributed by atoms with Crippen LogP contribution >= 0.6 is 11.3 Å². The first kappa shape index (κ1) is 10.8. The smallest absolute Gasteiger partial charge is 0.0388 e. The van der Waals surface area contributed by atoms with E-state index < -0.39 is 0 Å². The van der Waals surface area contributed by atoms with Crippen molar-refractivity contribution < 1.29 is 0 Å². The molecule has 2 aliphatic carbocycles. The minimum atomic E-state index is 0.544. The average Bonchev–Trinajstić information content (AvgIpc) is 2.92. The Morgan fingerprint density at radius 3 is 2.75 bits per heavy atom. The third-order valence-electron chi connectivity index (χ3n) is 4.39. The molecule has 1 nitrogen and oxygen atoms in total. The third kappa shape index (κ3) is 1.93. The molecule has 1 aromatic heterocycles. The van der Waals surface area contributed by atoms with Gasteiger partial charge in [-0.15, -0.1) is 11.3 Å². The molecule has 3 rings (SSSR count). The Morgan fingerprint density at radius 1 is 1.31 bits per heavy atom. The summed E-state index contributed by atoms with van der Waals surface area (Å²) in [5, 5.41) is 3.85. The molecule has 0 radical (unpaired) electrons. The Balaban J connectivity index is 1.62. The van der Waals surface area contributed by atoms with Crippen LogP contribution < -0.4 is 5.32 Å². The highest BCUT2D eigenvalue weighted by atomic mass is 32.1. The molecule has 0 aromatic carbocycles. The van der Waals surface area contributed by atoms with Crippen molar-refractivity contribution in [2.24, 2.45) is 11.8 Å². The molecule has 0 amide bonds. The van der Waals surface area contributed by atoms with Gasteiger partial charge in [-0.1, -0.05) is 6.42 Å². The van der Waals surface area contributed by atoms with Crippen molar-refractivity contribution >= 4 is 11.3 Å². The number of rotatable bonds is 3. The van der Waals surface area contributed by atoms with Crippen molar-refractivity contribution in [3.63, 3.8) is 0 Å². The van der Waals surface area contributed by atoms with Gasteiger partial charge >= 0.3 is 0 Å². The molecule has 0 saturated heterocycles. The van der Waals surface area contributed by atoms with E-state index in [9.17, 15) is 0 Å². The molecule has 2 heteroatoms. The van der Waals surface area contributed by atoms with E-state index in [1.54, 1.807) is 0 Å². The molecule has 0 aliphatic heterocycles. The highest BCUT2D eigenvalue weighted by molar-refractivity contribution is 7.12. The van der Waals surface area contributed by atoms with E-state index >= 15 is 0 Å². The van der Waals surface area contributed by atoms with Crippen LogP contribution in [0.3, 0.4) is 0 Å². The Labute approximate surface area is 102 Å². The van der Waals surface area contributed by atoms with Crippen molar-refractivity contribution in [2.75, 3.05) is 0 Å². The summed E-state index contributed by atoms with van der Waals surface area (Å²) in [5.74, 6) is 2.02. The predicted molar refractivity (Wildman–Crippen MR) is 69.8 cm³/mol. The first-order chi connectivity index (χ1) is 7.72. The molecular weight excluding hydrogens is 214 g/mol. The number of fused-ring (bicyclic) bond motifs is 2. The predicted octanol–water partition coefficient (Wildman–Crippen LogP) is 3.90. The van der Waals surface area contributed by atoms with E-state index in [0.717, 1.165) is 17.9 Å². The van der Waals surface area contributed by atoms with Gasteiger partial charge in [0, 0.05) is 21.8 Å². The highest BCUT2D eigenvalue weighted by Gasteiger charge is 2.39. The van der Waals surface area contributed by atoms with E-state index in [-0.39, 0.29) is 0 Å². The Bertz CT molecular complexity index is 371. The lowest BCUT2D eigenvalue weighted by atomic mass is 9.95. The lowest BCUT2D eigenvalue weighted by molar-refractivity contribution is 0.328. The van der Waals surface area contributed by atoms with Gasteiger partial charge in [0.25, 0.3) is 0 Å².